The third-order valence-electron chi connectivity index (χ3n) is 5.76. The summed E-state index contributed by atoms with van der Waals surface area (Å²) in [6, 6.07) is 0. The molecule has 3 aliphatic rings. The van der Waals surface area contributed by atoms with E-state index in [-0.39, 0.29) is 11.1 Å². The second kappa shape index (κ2) is 4.96. The Morgan fingerprint density at radius 1 is 1.25 bits per heavy atom. The van der Waals surface area contributed by atoms with Crippen LogP contribution in [0.1, 0.15) is 45.4 Å². The van der Waals surface area contributed by atoms with Gasteiger partial charge in [0.25, 0.3) is 0 Å². The lowest BCUT2D eigenvalue weighted by molar-refractivity contribution is 0.0105. The van der Waals surface area contributed by atoms with Gasteiger partial charge in [-0.1, -0.05) is 12.8 Å². The molecule has 5 heteroatoms. The Hall–Kier alpha value is -0.130. The molecule has 1 unspecified atom stereocenters. The monoisotopic (exact) mass is 300 g/mol. The molecular weight excluding hydrogens is 272 g/mol. The maximum Gasteiger partial charge on any atom is 0.148 e. The average Bonchev–Trinajstić information content (AvgIpc) is 3.12. The molecular formula is C15H28N2O2S. The van der Waals surface area contributed by atoms with Crippen LogP contribution < -0.4 is 5.32 Å². The summed E-state index contributed by atoms with van der Waals surface area (Å²) >= 11 is 0. The molecule has 2 saturated carbocycles. The molecule has 0 aromatic rings. The van der Waals surface area contributed by atoms with Crippen LogP contribution in [0.4, 0.5) is 0 Å². The second-order valence-corrected chi connectivity index (χ2v) is 9.79. The van der Waals surface area contributed by atoms with E-state index in [1.165, 1.54) is 44.8 Å². The van der Waals surface area contributed by atoms with Crippen molar-refractivity contribution in [3.8, 4) is 0 Å². The smallest absolute Gasteiger partial charge is 0.148 e. The van der Waals surface area contributed by atoms with Gasteiger partial charge in [0, 0.05) is 37.0 Å². The predicted octanol–water partition coefficient (Wildman–Crippen LogP) is 1.42. The summed E-state index contributed by atoms with van der Waals surface area (Å²) < 4.78 is 23.1. The number of sulfone groups is 1. The van der Waals surface area contributed by atoms with Crippen LogP contribution in [0, 0.1) is 5.92 Å². The van der Waals surface area contributed by atoms with Gasteiger partial charge < -0.3 is 5.32 Å². The van der Waals surface area contributed by atoms with Crippen LogP contribution in [0.15, 0.2) is 0 Å². The lowest BCUT2D eigenvalue weighted by atomic mass is 9.84. The van der Waals surface area contributed by atoms with Gasteiger partial charge in [-0.15, -0.1) is 0 Å². The van der Waals surface area contributed by atoms with Gasteiger partial charge in [-0.2, -0.15) is 0 Å². The molecule has 3 fully saturated rings. The van der Waals surface area contributed by atoms with E-state index in [2.05, 4.69) is 17.1 Å². The largest absolute Gasteiger partial charge is 0.308 e. The first-order chi connectivity index (χ1) is 9.33. The molecule has 1 N–H and O–H groups in total. The molecule has 2 aliphatic carbocycles. The first kappa shape index (κ1) is 14.8. The summed E-state index contributed by atoms with van der Waals surface area (Å²) in [7, 11) is -2.87. The maximum atomic E-state index is 11.5. The fraction of sp³-hybridized carbons (Fsp3) is 1.00. The van der Waals surface area contributed by atoms with Crippen LogP contribution in [0.5, 0.6) is 0 Å². The quantitative estimate of drug-likeness (QED) is 0.853. The lowest BCUT2D eigenvalue weighted by Crippen LogP contribution is -2.69. The van der Waals surface area contributed by atoms with Gasteiger partial charge in [0.2, 0.25) is 0 Å². The molecule has 0 radical (unpaired) electrons. The van der Waals surface area contributed by atoms with Crippen molar-refractivity contribution in [2.24, 2.45) is 5.92 Å². The summed E-state index contributed by atoms with van der Waals surface area (Å²) in [4.78, 5) is 2.52. The number of piperazine rings is 1. The molecule has 1 aliphatic heterocycles. The number of nitrogens with zero attached hydrogens (tertiary/aromatic N) is 1. The Labute approximate surface area is 123 Å². The Kier molecular flexibility index (Phi) is 3.67. The molecule has 3 rings (SSSR count). The fourth-order valence-corrected chi connectivity index (χ4v) is 4.76. The minimum atomic E-state index is -2.87. The van der Waals surface area contributed by atoms with E-state index in [0.717, 1.165) is 19.0 Å². The Morgan fingerprint density at radius 2 is 1.90 bits per heavy atom. The predicted molar refractivity (Wildman–Crippen MR) is 81.6 cm³/mol. The highest BCUT2D eigenvalue weighted by atomic mass is 32.2. The molecule has 1 heterocycles. The second-order valence-electron chi connectivity index (χ2n) is 7.53. The zero-order valence-electron chi connectivity index (χ0n) is 12.8. The minimum absolute atomic E-state index is 0.200. The molecule has 0 aromatic heterocycles. The topological polar surface area (TPSA) is 49.4 Å². The highest BCUT2D eigenvalue weighted by molar-refractivity contribution is 7.90. The molecule has 0 aromatic carbocycles. The van der Waals surface area contributed by atoms with Crippen molar-refractivity contribution in [2.45, 2.75) is 56.5 Å². The van der Waals surface area contributed by atoms with Crippen LogP contribution in [0.25, 0.3) is 0 Å². The van der Waals surface area contributed by atoms with Crippen molar-refractivity contribution in [2.75, 3.05) is 31.6 Å². The molecule has 1 saturated heterocycles. The summed E-state index contributed by atoms with van der Waals surface area (Å²) in [5, 5.41) is 3.83. The molecule has 4 nitrogen and oxygen atoms in total. The van der Waals surface area contributed by atoms with Crippen molar-refractivity contribution in [3.63, 3.8) is 0 Å². The Balaban J connectivity index is 1.75. The van der Waals surface area contributed by atoms with Crippen LogP contribution in [0.3, 0.4) is 0 Å². The van der Waals surface area contributed by atoms with Gasteiger partial charge in [0.1, 0.15) is 9.84 Å². The highest BCUT2D eigenvalue weighted by Crippen LogP contribution is 2.45. The zero-order valence-corrected chi connectivity index (χ0v) is 13.6. The summed E-state index contributed by atoms with van der Waals surface area (Å²) in [5.41, 5.74) is 0.435. The van der Waals surface area contributed by atoms with Crippen molar-refractivity contribution < 1.29 is 8.42 Å². The third kappa shape index (κ3) is 2.90. The average molecular weight is 300 g/mol. The number of hydrogen-bond acceptors (Lipinski definition) is 4. The first-order valence-corrected chi connectivity index (χ1v) is 10.1. The van der Waals surface area contributed by atoms with Crippen molar-refractivity contribution >= 4 is 9.84 Å². The number of rotatable bonds is 4. The SMILES string of the molecule is CC1(C2CC2)CN(CCS(C)(=O)=O)C2(CCCC2)CN1. The van der Waals surface area contributed by atoms with Crippen molar-refractivity contribution in [1.82, 2.24) is 10.2 Å². The Bertz CT molecular complexity index is 466. The van der Waals surface area contributed by atoms with Crippen LogP contribution >= 0.6 is 0 Å². The van der Waals surface area contributed by atoms with Gasteiger partial charge in [-0.05, 0) is 38.5 Å². The number of nitrogens with one attached hydrogen (secondary N) is 1. The zero-order chi connectivity index (χ0) is 14.4. The van der Waals surface area contributed by atoms with E-state index in [9.17, 15) is 8.42 Å². The normalized spacial score (nSPS) is 34.7. The van der Waals surface area contributed by atoms with Gasteiger partial charge in [0.05, 0.1) is 5.75 Å². The molecule has 0 bridgehead atoms. The van der Waals surface area contributed by atoms with E-state index in [0.29, 0.717) is 12.3 Å². The maximum absolute atomic E-state index is 11.5. The fourth-order valence-electron chi connectivity index (χ4n) is 4.21. The van der Waals surface area contributed by atoms with E-state index in [4.69, 9.17) is 0 Å². The van der Waals surface area contributed by atoms with Gasteiger partial charge in [-0.25, -0.2) is 8.42 Å². The molecule has 0 amide bonds. The van der Waals surface area contributed by atoms with Gasteiger partial charge >= 0.3 is 0 Å². The minimum Gasteiger partial charge on any atom is -0.308 e. The lowest BCUT2D eigenvalue weighted by Gasteiger charge is -2.53. The summed E-state index contributed by atoms with van der Waals surface area (Å²) in [6.45, 7) is 5.11. The Morgan fingerprint density at radius 3 is 2.45 bits per heavy atom. The van der Waals surface area contributed by atoms with Crippen LogP contribution in [-0.4, -0.2) is 56.0 Å². The van der Waals surface area contributed by atoms with Crippen LogP contribution in [-0.2, 0) is 9.84 Å². The van der Waals surface area contributed by atoms with E-state index >= 15 is 0 Å². The molecule has 20 heavy (non-hydrogen) atoms. The van der Waals surface area contributed by atoms with Crippen molar-refractivity contribution in [1.29, 1.82) is 0 Å². The van der Waals surface area contributed by atoms with Gasteiger partial charge in [0.15, 0.2) is 0 Å². The highest BCUT2D eigenvalue weighted by Gasteiger charge is 2.51. The number of hydrogen-bond donors (Lipinski definition) is 1. The van der Waals surface area contributed by atoms with Crippen LogP contribution in [0.2, 0.25) is 0 Å². The van der Waals surface area contributed by atoms with Gasteiger partial charge in [-0.3, -0.25) is 4.90 Å². The third-order valence-corrected chi connectivity index (χ3v) is 6.68. The summed E-state index contributed by atoms with van der Waals surface area (Å²) in [5.74, 6) is 1.09. The molecule has 116 valence electrons. The first-order valence-electron chi connectivity index (χ1n) is 8.01. The standard InChI is InChI=1S/C15H28N2O2S/c1-14(13-5-6-13)12-17(9-10-20(2,18)19)15(11-16-14)7-3-4-8-15/h13,16H,3-12H2,1-2H3. The van der Waals surface area contributed by atoms with Crippen molar-refractivity contribution in [3.05, 3.63) is 0 Å². The molecule has 1 spiro atoms. The molecule has 1 atom stereocenters. The van der Waals surface area contributed by atoms with E-state index in [1.54, 1.807) is 0 Å². The van der Waals surface area contributed by atoms with E-state index < -0.39 is 9.84 Å². The van der Waals surface area contributed by atoms with E-state index in [1.807, 2.05) is 0 Å². The summed E-state index contributed by atoms with van der Waals surface area (Å²) in [6.07, 6.45) is 9.05.